The first-order valence-corrected chi connectivity index (χ1v) is 8.02. The Balaban J connectivity index is 1.69. The molecule has 0 saturated heterocycles. The number of halogens is 2. The molecule has 1 aromatic carbocycles. The van der Waals surface area contributed by atoms with Crippen LogP contribution in [-0.2, 0) is 0 Å². The Morgan fingerprint density at radius 2 is 2.22 bits per heavy atom. The number of nitrogens with zero attached hydrogens (tertiary/aromatic N) is 3. The van der Waals surface area contributed by atoms with Gasteiger partial charge in [-0.2, -0.15) is 4.98 Å². The SMILES string of the molecule is O=[N+]([O-])c1cccc(OCCCCNc2nc(Cl)ncc2Br)c1. The number of nitrogens with one attached hydrogen (secondary N) is 1. The lowest BCUT2D eigenvalue weighted by Crippen LogP contribution is -2.07. The highest BCUT2D eigenvalue weighted by molar-refractivity contribution is 9.10. The summed E-state index contributed by atoms with van der Waals surface area (Å²) >= 11 is 9.07. The zero-order chi connectivity index (χ0) is 16.7. The third kappa shape index (κ3) is 5.65. The van der Waals surface area contributed by atoms with Crippen molar-refractivity contribution in [2.75, 3.05) is 18.5 Å². The Hall–Kier alpha value is -1.93. The normalized spacial score (nSPS) is 10.3. The first kappa shape index (κ1) is 17.4. The van der Waals surface area contributed by atoms with E-state index in [4.69, 9.17) is 16.3 Å². The first-order valence-electron chi connectivity index (χ1n) is 6.85. The van der Waals surface area contributed by atoms with Crippen LogP contribution >= 0.6 is 27.5 Å². The van der Waals surface area contributed by atoms with E-state index >= 15 is 0 Å². The Morgan fingerprint density at radius 1 is 1.39 bits per heavy atom. The molecule has 2 aromatic rings. The number of rotatable bonds is 8. The van der Waals surface area contributed by atoms with Crippen molar-refractivity contribution in [3.63, 3.8) is 0 Å². The minimum atomic E-state index is -0.443. The zero-order valence-electron chi connectivity index (χ0n) is 12.0. The van der Waals surface area contributed by atoms with Crippen LogP contribution in [0.2, 0.25) is 5.28 Å². The van der Waals surface area contributed by atoms with Crippen molar-refractivity contribution < 1.29 is 9.66 Å². The molecular formula is C14H14BrClN4O3. The minimum absolute atomic E-state index is 0.0228. The van der Waals surface area contributed by atoms with E-state index in [1.165, 1.54) is 12.1 Å². The van der Waals surface area contributed by atoms with E-state index < -0.39 is 4.92 Å². The molecule has 0 fully saturated rings. The molecule has 0 bridgehead atoms. The Labute approximate surface area is 146 Å². The predicted molar refractivity (Wildman–Crippen MR) is 91.1 cm³/mol. The average molecular weight is 402 g/mol. The summed E-state index contributed by atoms with van der Waals surface area (Å²) in [6.45, 7) is 1.18. The second kappa shape index (κ2) is 8.64. The molecule has 7 nitrogen and oxygen atoms in total. The van der Waals surface area contributed by atoms with E-state index in [0.717, 1.165) is 17.3 Å². The largest absolute Gasteiger partial charge is 0.493 e. The van der Waals surface area contributed by atoms with E-state index in [2.05, 4.69) is 31.2 Å². The van der Waals surface area contributed by atoms with Crippen molar-refractivity contribution >= 4 is 39.0 Å². The molecule has 0 saturated carbocycles. The van der Waals surface area contributed by atoms with Crippen molar-refractivity contribution in [1.82, 2.24) is 9.97 Å². The van der Waals surface area contributed by atoms with Crippen molar-refractivity contribution in [1.29, 1.82) is 0 Å². The first-order chi connectivity index (χ1) is 11.1. The summed E-state index contributed by atoms with van der Waals surface area (Å²) in [6, 6.07) is 6.15. The minimum Gasteiger partial charge on any atom is -0.493 e. The molecule has 23 heavy (non-hydrogen) atoms. The van der Waals surface area contributed by atoms with Crippen LogP contribution in [0.3, 0.4) is 0 Å². The van der Waals surface area contributed by atoms with Gasteiger partial charge in [0.15, 0.2) is 0 Å². The summed E-state index contributed by atoms with van der Waals surface area (Å²) in [5, 5.41) is 14.0. The molecule has 9 heteroatoms. The summed E-state index contributed by atoms with van der Waals surface area (Å²) in [5.41, 5.74) is 0.0228. The van der Waals surface area contributed by atoms with Crippen LogP contribution in [0, 0.1) is 10.1 Å². The molecule has 0 aliphatic rings. The number of non-ortho nitro benzene ring substituents is 1. The molecular weight excluding hydrogens is 388 g/mol. The van der Waals surface area contributed by atoms with Crippen LogP contribution in [0.4, 0.5) is 11.5 Å². The van der Waals surface area contributed by atoms with Crippen LogP contribution < -0.4 is 10.1 Å². The summed E-state index contributed by atoms with van der Waals surface area (Å²) in [7, 11) is 0. The second-order valence-electron chi connectivity index (χ2n) is 4.57. The molecule has 0 aliphatic carbocycles. The average Bonchev–Trinajstić information content (AvgIpc) is 2.54. The lowest BCUT2D eigenvalue weighted by Gasteiger charge is -2.08. The zero-order valence-corrected chi connectivity index (χ0v) is 14.4. The Bertz CT molecular complexity index is 687. The fourth-order valence-corrected chi connectivity index (χ4v) is 2.24. The second-order valence-corrected chi connectivity index (χ2v) is 5.76. The molecule has 0 unspecified atom stereocenters. The molecule has 1 aromatic heterocycles. The van der Waals surface area contributed by atoms with Crippen molar-refractivity contribution in [2.45, 2.75) is 12.8 Å². The van der Waals surface area contributed by atoms with E-state index in [1.54, 1.807) is 18.3 Å². The molecule has 2 rings (SSSR count). The van der Waals surface area contributed by atoms with Gasteiger partial charge in [-0.3, -0.25) is 10.1 Å². The smallest absolute Gasteiger partial charge is 0.273 e. The molecule has 0 amide bonds. The fourth-order valence-electron chi connectivity index (χ4n) is 1.78. The number of aromatic nitrogens is 2. The number of nitro benzene ring substituents is 1. The standard InChI is InChI=1S/C14H14BrClN4O3/c15-12-9-18-14(16)19-13(12)17-6-1-2-7-23-11-5-3-4-10(8-11)20(21)22/h3-5,8-9H,1-2,6-7H2,(H,17,18,19). The van der Waals surface area contributed by atoms with Gasteiger partial charge in [0.2, 0.25) is 5.28 Å². The van der Waals surface area contributed by atoms with Gasteiger partial charge in [-0.25, -0.2) is 4.98 Å². The molecule has 122 valence electrons. The maximum Gasteiger partial charge on any atom is 0.273 e. The van der Waals surface area contributed by atoms with Crippen molar-refractivity contribution in [2.24, 2.45) is 0 Å². The van der Waals surface area contributed by atoms with Gasteiger partial charge in [-0.15, -0.1) is 0 Å². The van der Waals surface area contributed by atoms with E-state index in [9.17, 15) is 10.1 Å². The number of unbranched alkanes of at least 4 members (excludes halogenated alkanes) is 1. The maximum atomic E-state index is 10.7. The third-order valence-electron chi connectivity index (χ3n) is 2.88. The summed E-state index contributed by atoms with van der Waals surface area (Å²) in [6.07, 6.45) is 3.23. The molecule has 1 heterocycles. The van der Waals surface area contributed by atoms with Crippen LogP contribution in [-0.4, -0.2) is 28.0 Å². The number of ether oxygens (including phenoxy) is 1. The molecule has 0 radical (unpaired) electrons. The summed E-state index contributed by atoms with van der Waals surface area (Å²) < 4.78 is 6.25. The highest BCUT2D eigenvalue weighted by Gasteiger charge is 2.06. The third-order valence-corrected chi connectivity index (χ3v) is 3.64. The van der Waals surface area contributed by atoms with Gasteiger partial charge in [0.05, 0.1) is 22.1 Å². The van der Waals surface area contributed by atoms with Gasteiger partial charge in [-0.05, 0) is 46.4 Å². The maximum absolute atomic E-state index is 10.7. The van der Waals surface area contributed by atoms with Gasteiger partial charge in [0.1, 0.15) is 11.6 Å². The van der Waals surface area contributed by atoms with Gasteiger partial charge < -0.3 is 10.1 Å². The molecule has 0 aliphatic heterocycles. The van der Waals surface area contributed by atoms with Crippen LogP contribution in [0.1, 0.15) is 12.8 Å². The number of hydrogen-bond acceptors (Lipinski definition) is 6. The number of benzene rings is 1. The predicted octanol–water partition coefficient (Wildman–Crippen LogP) is 4.07. The molecule has 0 spiro atoms. The van der Waals surface area contributed by atoms with E-state index in [-0.39, 0.29) is 11.0 Å². The topological polar surface area (TPSA) is 90.2 Å². The van der Waals surface area contributed by atoms with Crippen LogP contribution in [0.25, 0.3) is 0 Å². The lowest BCUT2D eigenvalue weighted by atomic mass is 10.3. The number of hydrogen-bond donors (Lipinski definition) is 1. The number of nitro groups is 1. The van der Waals surface area contributed by atoms with Crippen LogP contribution in [0.15, 0.2) is 34.9 Å². The highest BCUT2D eigenvalue weighted by atomic mass is 79.9. The monoisotopic (exact) mass is 400 g/mol. The summed E-state index contributed by atoms with van der Waals surface area (Å²) in [5.74, 6) is 1.14. The molecule has 0 atom stereocenters. The van der Waals surface area contributed by atoms with Gasteiger partial charge in [0.25, 0.3) is 5.69 Å². The highest BCUT2D eigenvalue weighted by Crippen LogP contribution is 2.21. The van der Waals surface area contributed by atoms with Gasteiger partial charge >= 0.3 is 0 Å². The molecule has 1 N–H and O–H groups in total. The van der Waals surface area contributed by atoms with E-state index in [1.807, 2.05) is 0 Å². The van der Waals surface area contributed by atoms with Gasteiger partial charge in [0, 0.05) is 18.8 Å². The Kier molecular flexibility index (Phi) is 6.54. The fraction of sp³-hybridized carbons (Fsp3) is 0.286. The summed E-state index contributed by atoms with van der Waals surface area (Å²) in [4.78, 5) is 18.1. The van der Waals surface area contributed by atoms with Gasteiger partial charge in [-0.1, -0.05) is 6.07 Å². The lowest BCUT2D eigenvalue weighted by molar-refractivity contribution is -0.384. The van der Waals surface area contributed by atoms with Crippen molar-refractivity contribution in [3.05, 3.63) is 50.3 Å². The Morgan fingerprint density at radius 3 is 3.00 bits per heavy atom. The quantitative estimate of drug-likeness (QED) is 0.310. The van der Waals surface area contributed by atoms with E-state index in [0.29, 0.717) is 24.7 Å². The van der Waals surface area contributed by atoms with Crippen molar-refractivity contribution in [3.8, 4) is 5.75 Å². The number of anilines is 1. The van der Waals surface area contributed by atoms with Crippen LogP contribution in [0.5, 0.6) is 5.75 Å².